The Kier molecular flexibility index (Phi) is 4.18. The summed E-state index contributed by atoms with van der Waals surface area (Å²) >= 11 is 0. The maximum absolute atomic E-state index is 11.4. The molecule has 0 atom stereocenters. The van der Waals surface area contributed by atoms with Crippen molar-refractivity contribution in [2.24, 2.45) is 7.05 Å². The van der Waals surface area contributed by atoms with E-state index >= 15 is 0 Å². The van der Waals surface area contributed by atoms with Crippen LogP contribution in [-0.4, -0.2) is 16.1 Å². The lowest BCUT2D eigenvalue weighted by molar-refractivity contribution is 0.772. The minimum Gasteiger partial charge on any atom is -0.371 e. The fourth-order valence-corrected chi connectivity index (χ4v) is 1.81. The molecule has 19 heavy (non-hydrogen) atoms. The van der Waals surface area contributed by atoms with Crippen LogP contribution in [0.3, 0.4) is 0 Å². The van der Waals surface area contributed by atoms with Crippen LogP contribution in [0.25, 0.3) is 0 Å². The second kappa shape index (κ2) is 6.04. The van der Waals surface area contributed by atoms with E-state index in [1.807, 2.05) is 18.2 Å². The summed E-state index contributed by atoms with van der Waals surface area (Å²) in [6.45, 7) is 0.706. The van der Waals surface area contributed by atoms with E-state index in [9.17, 15) is 9.59 Å². The lowest BCUT2D eigenvalue weighted by Gasteiger charge is -2.06. The first-order valence-electron chi connectivity index (χ1n) is 6.25. The number of nitrogens with zero attached hydrogens (tertiary/aromatic N) is 1. The van der Waals surface area contributed by atoms with Crippen molar-refractivity contribution in [2.45, 2.75) is 12.8 Å². The standard InChI is InChI=1S/C14H17N3O2/c1-17-13(18)10-12(16-14(17)19)15-9-5-8-11-6-3-2-4-7-11/h2-4,6-7,10,15H,5,8-9H2,1H3,(H,16,19). The van der Waals surface area contributed by atoms with Gasteiger partial charge in [-0.15, -0.1) is 0 Å². The summed E-state index contributed by atoms with van der Waals surface area (Å²) in [6.07, 6.45) is 1.89. The molecule has 0 unspecified atom stereocenters. The molecule has 2 aromatic rings. The van der Waals surface area contributed by atoms with Crippen molar-refractivity contribution in [3.63, 3.8) is 0 Å². The van der Waals surface area contributed by atoms with Gasteiger partial charge < -0.3 is 5.32 Å². The summed E-state index contributed by atoms with van der Waals surface area (Å²) in [6, 6.07) is 11.6. The third kappa shape index (κ3) is 3.58. The summed E-state index contributed by atoms with van der Waals surface area (Å²) in [5.41, 5.74) is 0.564. The molecular weight excluding hydrogens is 242 g/mol. The first-order valence-corrected chi connectivity index (χ1v) is 6.25. The largest absolute Gasteiger partial charge is 0.371 e. The molecule has 0 spiro atoms. The van der Waals surface area contributed by atoms with Crippen molar-refractivity contribution in [1.82, 2.24) is 9.55 Å². The van der Waals surface area contributed by atoms with Gasteiger partial charge in [-0.1, -0.05) is 30.3 Å². The summed E-state index contributed by atoms with van der Waals surface area (Å²) in [7, 11) is 1.44. The van der Waals surface area contributed by atoms with Gasteiger partial charge in [0.15, 0.2) is 0 Å². The molecule has 0 amide bonds. The van der Waals surface area contributed by atoms with E-state index in [0.29, 0.717) is 12.4 Å². The fraction of sp³-hybridized carbons (Fsp3) is 0.286. The van der Waals surface area contributed by atoms with Crippen LogP contribution in [0.5, 0.6) is 0 Å². The molecule has 0 saturated heterocycles. The number of rotatable bonds is 5. The predicted molar refractivity (Wildman–Crippen MR) is 75.6 cm³/mol. The van der Waals surface area contributed by atoms with E-state index in [2.05, 4.69) is 22.4 Å². The maximum atomic E-state index is 11.4. The van der Waals surface area contributed by atoms with E-state index < -0.39 is 5.69 Å². The number of benzene rings is 1. The quantitative estimate of drug-likeness (QED) is 0.791. The number of hydrogen-bond donors (Lipinski definition) is 2. The van der Waals surface area contributed by atoms with Crippen LogP contribution in [0.4, 0.5) is 5.82 Å². The summed E-state index contributed by atoms with van der Waals surface area (Å²) in [5.74, 6) is 0.473. The van der Waals surface area contributed by atoms with Crippen LogP contribution in [0, 0.1) is 0 Å². The van der Waals surface area contributed by atoms with Crippen LogP contribution >= 0.6 is 0 Å². The maximum Gasteiger partial charge on any atom is 0.329 e. The van der Waals surface area contributed by atoms with Crippen molar-refractivity contribution in [1.29, 1.82) is 0 Å². The Morgan fingerprint density at radius 3 is 2.63 bits per heavy atom. The average Bonchev–Trinajstić information content (AvgIpc) is 2.42. The van der Waals surface area contributed by atoms with Crippen molar-refractivity contribution < 1.29 is 0 Å². The molecule has 0 fully saturated rings. The second-order valence-corrected chi connectivity index (χ2v) is 4.40. The molecule has 0 bridgehead atoms. The van der Waals surface area contributed by atoms with Gasteiger partial charge in [-0.2, -0.15) is 0 Å². The van der Waals surface area contributed by atoms with E-state index in [1.165, 1.54) is 18.7 Å². The minimum atomic E-state index is -0.405. The third-order valence-electron chi connectivity index (χ3n) is 2.95. The number of hydrogen-bond acceptors (Lipinski definition) is 3. The highest BCUT2D eigenvalue weighted by molar-refractivity contribution is 5.31. The smallest absolute Gasteiger partial charge is 0.329 e. The number of aromatic nitrogens is 2. The van der Waals surface area contributed by atoms with Crippen LogP contribution in [0.1, 0.15) is 12.0 Å². The number of H-pyrrole nitrogens is 1. The summed E-state index contributed by atoms with van der Waals surface area (Å²) in [4.78, 5) is 25.4. The molecule has 1 aromatic carbocycles. The SMILES string of the molecule is Cn1c(=O)cc(NCCCc2ccccc2)[nH]c1=O. The highest BCUT2D eigenvalue weighted by Crippen LogP contribution is 2.02. The van der Waals surface area contributed by atoms with Gasteiger partial charge in [0.2, 0.25) is 0 Å². The average molecular weight is 259 g/mol. The van der Waals surface area contributed by atoms with Crippen LogP contribution in [-0.2, 0) is 13.5 Å². The number of aryl methyl sites for hydroxylation is 1. The normalized spacial score (nSPS) is 10.4. The molecule has 0 aliphatic carbocycles. The summed E-state index contributed by atoms with van der Waals surface area (Å²) in [5, 5.41) is 3.05. The van der Waals surface area contributed by atoms with E-state index in [-0.39, 0.29) is 5.56 Å². The van der Waals surface area contributed by atoms with E-state index in [4.69, 9.17) is 0 Å². The molecule has 0 aliphatic heterocycles. The van der Waals surface area contributed by atoms with Gasteiger partial charge in [-0.25, -0.2) is 4.79 Å². The van der Waals surface area contributed by atoms with Gasteiger partial charge in [0.1, 0.15) is 5.82 Å². The van der Waals surface area contributed by atoms with Crippen molar-refractivity contribution in [3.8, 4) is 0 Å². The Bertz CT molecular complexity index is 612. The van der Waals surface area contributed by atoms with Gasteiger partial charge in [-0.3, -0.25) is 14.3 Å². The topological polar surface area (TPSA) is 66.9 Å². The van der Waals surface area contributed by atoms with E-state index in [0.717, 1.165) is 17.4 Å². The molecule has 2 N–H and O–H groups in total. The summed E-state index contributed by atoms with van der Waals surface area (Å²) < 4.78 is 1.04. The second-order valence-electron chi connectivity index (χ2n) is 4.40. The van der Waals surface area contributed by atoms with Crippen LogP contribution in [0.2, 0.25) is 0 Å². The highest BCUT2D eigenvalue weighted by Gasteiger charge is 1.99. The Morgan fingerprint density at radius 2 is 1.95 bits per heavy atom. The lowest BCUT2D eigenvalue weighted by atomic mass is 10.1. The van der Waals surface area contributed by atoms with Gasteiger partial charge in [-0.05, 0) is 18.4 Å². The molecule has 0 aliphatic rings. The van der Waals surface area contributed by atoms with Crippen molar-refractivity contribution in [3.05, 3.63) is 62.8 Å². The zero-order valence-electron chi connectivity index (χ0n) is 10.8. The van der Waals surface area contributed by atoms with E-state index in [1.54, 1.807) is 0 Å². The number of nitrogens with one attached hydrogen (secondary N) is 2. The van der Waals surface area contributed by atoms with Crippen molar-refractivity contribution in [2.75, 3.05) is 11.9 Å². The molecule has 1 heterocycles. The predicted octanol–water partition coefficient (Wildman–Crippen LogP) is 1.12. The Balaban J connectivity index is 1.87. The molecule has 5 nitrogen and oxygen atoms in total. The highest BCUT2D eigenvalue weighted by atomic mass is 16.2. The molecule has 100 valence electrons. The fourth-order valence-electron chi connectivity index (χ4n) is 1.81. The molecule has 5 heteroatoms. The Labute approximate surface area is 110 Å². The minimum absolute atomic E-state index is 0.311. The van der Waals surface area contributed by atoms with Crippen LogP contribution in [0.15, 0.2) is 46.0 Å². The van der Waals surface area contributed by atoms with Gasteiger partial charge in [0.05, 0.1) is 0 Å². The first-order chi connectivity index (χ1) is 9.16. The Hall–Kier alpha value is -2.30. The number of aromatic amines is 1. The molecule has 1 aromatic heterocycles. The monoisotopic (exact) mass is 259 g/mol. The van der Waals surface area contributed by atoms with Crippen molar-refractivity contribution >= 4 is 5.82 Å². The van der Waals surface area contributed by atoms with Gasteiger partial charge in [0, 0.05) is 19.7 Å². The molecule has 0 saturated carbocycles. The zero-order valence-corrected chi connectivity index (χ0v) is 10.8. The lowest BCUT2D eigenvalue weighted by Crippen LogP contribution is -2.32. The molecular formula is C14H17N3O2. The van der Waals surface area contributed by atoms with Gasteiger partial charge in [0.25, 0.3) is 5.56 Å². The molecule has 0 radical (unpaired) electrons. The third-order valence-corrected chi connectivity index (χ3v) is 2.95. The molecule has 2 rings (SSSR count). The van der Waals surface area contributed by atoms with Gasteiger partial charge >= 0.3 is 5.69 Å². The Morgan fingerprint density at radius 1 is 1.21 bits per heavy atom. The first kappa shape index (κ1) is 13.1. The van der Waals surface area contributed by atoms with Crippen LogP contribution < -0.4 is 16.6 Å². The number of anilines is 1. The zero-order chi connectivity index (χ0) is 13.7.